The van der Waals surface area contributed by atoms with Crippen LogP contribution >= 0.6 is 23.2 Å². The first-order valence-corrected chi connectivity index (χ1v) is 7.33. The molecule has 0 aliphatic rings. The summed E-state index contributed by atoms with van der Waals surface area (Å²) in [5.74, 6) is -1.21. The Morgan fingerprint density at radius 1 is 1.33 bits per heavy atom. The summed E-state index contributed by atoms with van der Waals surface area (Å²) in [4.78, 5) is 25.1. The van der Waals surface area contributed by atoms with Crippen molar-refractivity contribution in [3.05, 3.63) is 27.7 Å². The molecule has 5 nitrogen and oxygen atoms in total. The third-order valence-electron chi connectivity index (χ3n) is 2.87. The molecule has 0 bridgehead atoms. The first-order valence-electron chi connectivity index (χ1n) is 6.57. The van der Waals surface area contributed by atoms with Crippen molar-refractivity contribution in [2.75, 3.05) is 11.9 Å². The molecule has 0 aliphatic heterocycles. The summed E-state index contributed by atoms with van der Waals surface area (Å²) in [5.41, 5.74) is -0.0821. The number of hydrogen-bond donors (Lipinski definition) is 2. The molecule has 0 aliphatic carbocycles. The van der Waals surface area contributed by atoms with Gasteiger partial charge in [-0.25, -0.2) is 9.59 Å². The van der Waals surface area contributed by atoms with Gasteiger partial charge in [0.2, 0.25) is 0 Å². The number of amides is 2. The fourth-order valence-electron chi connectivity index (χ4n) is 1.88. The fourth-order valence-corrected chi connectivity index (χ4v) is 2.42. The lowest BCUT2D eigenvalue weighted by Crippen LogP contribution is -2.40. The Balaban J connectivity index is 3.12. The Morgan fingerprint density at radius 3 is 2.43 bits per heavy atom. The summed E-state index contributed by atoms with van der Waals surface area (Å²) in [5, 5.41) is 12.1. The van der Waals surface area contributed by atoms with Gasteiger partial charge >= 0.3 is 12.0 Å². The van der Waals surface area contributed by atoms with Gasteiger partial charge in [0.15, 0.2) is 0 Å². The van der Waals surface area contributed by atoms with Crippen molar-refractivity contribution in [3.63, 3.8) is 0 Å². The van der Waals surface area contributed by atoms with Crippen LogP contribution in [0.15, 0.2) is 12.1 Å². The number of carbonyl (C=O) groups is 2. The minimum Gasteiger partial charge on any atom is -0.478 e. The molecular weight excluding hydrogens is 315 g/mol. The first kappa shape index (κ1) is 17.6. The van der Waals surface area contributed by atoms with E-state index in [4.69, 9.17) is 23.2 Å². The van der Waals surface area contributed by atoms with Gasteiger partial charge in [-0.15, -0.1) is 0 Å². The number of carboxylic acids is 1. The second-order valence-electron chi connectivity index (χ2n) is 4.83. The second kappa shape index (κ2) is 7.52. The van der Waals surface area contributed by atoms with Crippen LogP contribution in [-0.2, 0) is 0 Å². The lowest BCUT2D eigenvalue weighted by molar-refractivity contribution is 0.0698. The van der Waals surface area contributed by atoms with Gasteiger partial charge < -0.3 is 15.3 Å². The van der Waals surface area contributed by atoms with E-state index in [1.54, 1.807) is 4.90 Å². The van der Waals surface area contributed by atoms with Crippen LogP contribution in [0.1, 0.15) is 37.6 Å². The Hall–Kier alpha value is -1.46. The molecule has 0 saturated carbocycles. The summed E-state index contributed by atoms with van der Waals surface area (Å²) < 4.78 is 0. The van der Waals surface area contributed by atoms with E-state index in [1.807, 2.05) is 20.8 Å². The highest BCUT2D eigenvalue weighted by Crippen LogP contribution is 2.30. The number of hydrogen-bond acceptors (Lipinski definition) is 2. The highest BCUT2D eigenvalue weighted by Gasteiger charge is 2.21. The fraction of sp³-hybridized carbons (Fsp3) is 0.429. The Labute approximate surface area is 133 Å². The average molecular weight is 333 g/mol. The van der Waals surface area contributed by atoms with Gasteiger partial charge in [0.1, 0.15) is 0 Å². The molecule has 0 unspecified atom stereocenters. The standard InChI is InChI=1S/C14H18Cl2N2O3/c1-4-5-18(8(2)3)14(21)17-12-10(13(19)20)6-9(15)7-11(12)16/h6-8H,4-5H2,1-3H3,(H,17,21)(H,19,20). The number of carboxylic acid groups (broad SMARTS) is 1. The molecular formula is C14H18Cl2N2O3. The molecule has 0 radical (unpaired) electrons. The average Bonchev–Trinajstić information content (AvgIpc) is 2.37. The molecule has 116 valence electrons. The molecule has 2 amide bonds. The van der Waals surface area contributed by atoms with E-state index in [9.17, 15) is 14.7 Å². The first-order chi connectivity index (χ1) is 9.77. The van der Waals surface area contributed by atoms with E-state index in [2.05, 4.69) is 5.32 Å². The van der Waals surface area contributed by atoms with Gasteiger partial charge in [-0.05, 0) is 32.4 Å². The van der Waals surface area contributed by atoms with E-state index in [0.29, 0.717) is 6.54 Å². The number of urea groups is 1. The van der Waals surface area contributed by atoms with E-state index in [1.165, 1.54) is 12.1 Å². The van der Waals surface area contributed by atoms with Gasteiger partial charge in [-0.2, -0.15) is 0 Å². The lowest BCUT2D eigenvalue weighted by Gasteiger charge is -2.27. The van der Waals surface area contributed by atoms with Gasteiger partial charge in [-0.3, -0.25) is 0 Å². The molecule has 2 N–H and O–H groups in total. The van der Waals surface area contributed by atoms with Crippen molar-refractivity contribution in [1.29, 1.82) is 0 Å². The van der Waals surface area contributed by atoms with Crippen molar-refractivity contribution in [3.8, 4) is 0 Å². The molecule has 0 spiro atoms. The predicted molar refractivity (Wildman–Crippen MR) is 84.6 cm³/mol. The van der Waals surface area contributed by atoms with Crippen molar-refractivity contribution in [2.24, 2.45) is 0 Å². The smallest absolute Gasteiger partial charge is 0.337 e. The largest absolute Gasteiger partial charge is 0.478 e. The minimum atomic E-state index is -1.21. The summed E-state index contributed by atoms with van der Waals surface area (Å²) in [6, 6.07) is 2.25. The molecule has 21 heavy (non-hydrogen) atoms. The zero-order valence-electron chi connectivity index (χ0n) is 12.1. The van der Waals surface area contributed by atoms with Gasteiger partial charge in [0.05, 0.1) is 16.3 Å². The molecule has 0 fully saturated rings. The molecule has 0 saturated heterocycles. The van der Waals surface area contributed by atoms with Crippen LogP contribution in [0, 0.1) is 0 Å². The van der Waals surface area contributed by atoms with E-state index in [-0.39, 0.29) is 27.3 Å². The molecule has 1 aromatic rings. The third-order valence-corrected chi connectivity index (χ3v) is 3.38. The number of nitrogens with zero attached hydrogens (tertiary/aromatic N) is 1. The second-order valence-corrected chi connectivity index (χ2v) is 5.68. The zero-order valence-corrected chi connectivity index (χ0v) is 13.6. The Bertz CT molecular complexity index is 547. The zero-order chi connectivity index (χ0) is 16.2. The van der Waals surface area contributed by atoms with E-state index >= 15 is 0 Å². The number of carbonyl (C=O) groups excluding carboxylic acids is 1. The minimum absolute atomic E-state index is 0.00990. The molecule has 0 aromatic heterocycles. The van der Waals surface area contributed by atoms with Gasteiger partial charge in [0.25, 0.3) is 0 Å². The van der Waals surface area contributed by atoms with Crippen LogP contribution in [0.3, 0.4) is 0 Å². The SMILES string of the molecule is CCCN(C(=O)Nc1c(Cl)cc(Cl)cc1C(=O)O)C(C)C. The monoisotopic (exact) mass is 332 g/mol. The van der Waals surface area contributed by atoms with Crippen LogP contribution in [0.4, 0.5) is 10.5 Å². The number of nitrogens with one attached hydrogen (secondary N) is 1. The summed E-state index contributed by atoms with van der Waals surface area (Å²) >= 11 is 11.8. The van der Waals surface area contributed by atoms with Crippen molar-refractivity contribution < 1.29 is 14.7 Å². The van der Waals surface area contributed by atoms with Gasteiger partial charge in [0, 0.05) is 17.6 Å². The number of aromatic carboxylic acids is 1. The summed E-state index contributed by atoms with van der Waals surface area (Å²) in [7, 11) is 0. The van der Waals surface area contributed by atoms with Crippen molar-refractivity contribution in [1.82, 2.24) is 4.90 Å². The number of halogens is 2. The van der Waals surface area contributed by atoms with E-state index < -0.39 is 12.0 Å². The molecule has 0 heterocycles. The van der Waals surface area contributed by atoms with Crippen molar-refractivity contribution in [2.45, 2.75) is 33.2 Å². The lowest BCUT2D eigenvalue weighted by atomic mass is 10.1. The summed E-state index contributed by atoms with van der Waals surface area (Å²) in [6.45, 7) is 6.30. The van der Waals surface area contributed by atoms with Crippen molar-refractivity contribution >= 4 is 40.9 Å². The number of rotatable bonds is 5. The number of anilines is 1. The van der Waals surface area contributed by atoms with Crippen LogP contribution in [-0.4, -0.2) is 34.6 Å². The highest BCUT2D eigenvalue weighted by atomic mass is 35.5. The molecule has 0 atom stereocenters. The molecule has 1 aromatic carbocycles. The topological polar surface area (TPSA) is 69.6 Å². The Morgan fingerprint density at radius 2 is 1.95 bits per heavy atom. The van der Waals surface area contributed by atoms with Crippen LogP contribution in [0.25, 0.3) is 0 Å². The Kier molecular flexibility index (Phi) is 6.30. The van der Waals surface area contributed by atoms with Crippen LogP contribution in [0.2, 0.25) is 10.0 Å². The van der Waals surface area contributed by atoms with Crippen LogP contribution in [0.5, 0.6) is 0 Å². The third kappa shape index (κ3) is 4.51. The predicted octanol–water partition coefficient (Wildman–Crippen LogP) is 4.34. The normalized spacial score (nSPS) is 10.6. The van der Waals surface area contributed by atoms with E-state index in [0.717, 1.165) is 6.42 Å². The maximum atomic E-state index is 12.3. The summed E-state index contributed by atoms with van der Waals surface area (Å²) in [6.07, 6.45) is 0.797. The maximum absolute atomic E-state index is 12.3. The van der Waals surface area contributed by atoms with Crippen LogP contribution < -0.4 is 5.32 Å². The molecule has 1 rings (SSSR count). The molecule has 7 heteroatoms. The quantitative estimate of drug-likeness (QED) is 0.842. The van der Waals surface area contributed by atoms with Gasteiger partial charge in [-0.1, -0.05) is 30.1 Å². The number of benzene rings is 1. The highest BCUT2D eigenvalue weighted by molar-refractivity contribution is 6.37. The maximum Gasteiger partial charge on any atom is 0.337 e.